The molecule has 2 nitrogen and oxygen atoms in total. The van der Waals surface area contributed by atoms with E-state index >= 15 is 0 Å². The molecular formula is C16H24N2. The van der Waals surface area contributed by atoms with E-state index in [4.69, 9.17) is 0 Å². The van der Waals surface area contributed by atoms with Crippen molar-refractivity contribution in [3.8, 4) is 0 Å². The number of nitrogens with one attached hydrogen (secondary N) is 1. The van der Waals surface area contributed by atoms with E-state index in [1.54, 1.807) is 0 Å². The van der Waals surface area contributed by atoms with Gasteiger partial charge in [-0.05, 0) is 55.8 Å². The Balaban J connectivity index is 1.74. The zero-order valence-corrected chi connectivity index (χ0v) is 11.4. The summed E-state index contributed by atoms with van der Waals surface area (Å²) in [4.78, 5) is 2.41. The lowest BCUT2D eigenvalue weighted by molar-refractivity contribution is 0.399. The molecule has 1 aromatic rings. The maximum absolute atomic E-state index is 3.65. The average Bonchev–Trinajstić information content (AvgIpc) is 2.41. The molecule has 0 spiro atoms. The van der Waals surface area contributed by atoms with Gasteiger partial charge in [-0.25, -0.2) is 0 Å². The summed E-state index contributed by atoms with van der Waals surface area (Å²) < 4.78 is 0. The van der Waals surface area contributed by atoms with E-state index in [0.717, 1.165) is 0 Å². The topological polar surface area (TPSA) is 15.3 Å². The number of nitrogens with zero attached hydrogens (tertiary/aromatic N) is 1. The van der Waals surface area contributed by atoms with Crippen molar-refractivity contribution in [3.05, 3.63) is 29.3 Å². The van der Waals surface area contributed by atoms with Crippen molar-refractivity contribution < 1.29 is 0 Å². The molecule has 1 fully saturated rings. The lowest BCUT2D eigenvalue weighted by atomic mass is 9.94. The quantitative estimate of drug-likeness (QED) is 0.860. The van der Waals surface area contributed by atoms with Gasteiger partial charge in [0.1, 0.15) is 0 Å². The number of aryl methyl sites for hydroxylation is 1. The molecule has 18 heavy (non-hydrogen) atoms. The Bertz CT molecular complexity index is 408. The van der Waals surface area contributed by atoms with Gasteiger partial charge in [-0.1, -0.05) is 18.6 Å². The summed E-state index contributed by atoms with van der Waals surface area (Å²) in [5, 5.41) is 3.65. The first-order valence-corrected chi connectivity index (χ1v) is 7.39. The van der Waals surface area contributed by atoms with Crippen molar-refractivity contribution in [1.29, 1.82) is 0 Å². The van der Waals surface area contributed by atoms with Gasteiger partial charge in [0.15, 0.2) is 0 Å². The van der Waals surface area contributed by atoms with Gasteiger partial charge in [-0.3, -0.25) is 0 Å². The first-order chi connectivity index (χ1) is 8.83. The molecule has 1 N–H and O–H groups in total. The number of fused-ring (bicyclic) bond motifs is 1. The SMILES string of the molecule is CN1CCCc2ccc(CC3CCCCN3)cc21. The standard InChI is InChI=1S/C16H24N2/c1-18-10-4-5-14-8-7-13(12-16(14)18)11-15-6-2-3-9-17-15/h7-8,12,15,17H,2-6,9-11H2,1H3. The van der Waals surface area contributed by atoms with Crippen LogP contribution < -0.4 is 10.2 Å². The minimum Gasteiger partial charge on any atom is -0.374 e. The molecule has 0 saturated carbocycles. The van der Waals surface area contributed by atoms with E-state index in [2.05, 4.69) is 35.5 Å². The van der Waals surface area contributed by atoms with Crippen LogP contribution in [0, 0.1) is 0 Å². The lowest BCUT2D eigenvalue weighted by Crippen LogP contribution is -2.35. The first kappa shape index (κ1) is 12.0. The number of piperidine rings is 1. The predicted octanol–water partition coefficient (Wildman–Crippen LogP) is 2.75. The molecule has 2 heterocycles. The molecule has 2 aliphatic rings. The van der Waals surface area contributed by atoms with Gasteiger partial charge in [0, 0.05) is 25.3 Å². The molecule has 1 aromatic carbocycles. The van der Waals surface area contributed by atoms with Crippen molar-refractivity contribution in [2.75, 3.05) is 25.0 Å². The number of hydrogen-bond donors (Lipinski definition) is 1. The predicted molar refractivity (Wildman–Crippen MR) is 77.4 cm³/mol. The normalized spacial score (nSPS) is 23.8. The Morgan fingerprint density at radius 1 is 1.28 bits per heavy atom. The van der Waals surface area contributed by atoms with Crippen LogP contribution in [0.3, 0.4) is 0 Å². The fourth-order valence-corrected chi connectivity index (χ4v) is 3.31. The fourth-order valence-electron chi connectivity index (χ4n) is 3.31. The van der Waals surface area contributed by atoms with Crippen LogP contribution >= 0.6 is 0 Å². The maximum atomic E-state index is 3.65. The van der Waals surface area contributed by atoms with Crippen molar-refractivity contribution in [3.63, 3.8) is 0 Å². The highest BCUT2D eigenvalue weighted by molar-refractivity contribution is 5.56. The van der Waals surface area contributed by atoms with Crippen molar-refractivity contribution in [2.24, 2.45) is 0 Å². The molecule has 1 atom stereocenters. The average molecular weight is 244 g/mol. The van der Waals surface area contributed by atoms with Gasteiger partial charge >= 0.3 is 0 Å². The smallest absolute Gasteiger partial charge is 0.0398 e. The molecule has 2 heteroatoms. The van der Waals surface area contributed by atoms with Crippen LogP contribution in [-0.4, -0.2) is 26.2 Å². The van der Waals surface area contributed by atoms with Gasteiger partial charge < -0.3 is 10.2 Å². The third-order valence-corrected chi connectivity index (χ3v) is 4.40. The molecule has 0 radical (unpaired) electrons. The summed E-state index contributed by atoms with van der Waals surface area (Å²) in [5.74, 6) is 0. The van der Waals surface area contributed by atoms with Crippen molar-refractivity contribution >= 4 is 5.69 Å². The van der Waals surface area contributed by atoms with Gasteiger partial charge in [0.05, 0.1) is 0 Å². The highest BCUT2D eigenvalue weighted by Gasteiger charge is 2.16. The fraction of sp³-hybridized carbons (Fsp3) is 0.625. The summed E-state index contributed by atoms with van der Waals surface area (Å²) >= 11 is 0. The van der Waals surface area contributed by atoms with Crippen molar-refractivity contribution in [2.45, 2.75) is 44.6 Å². The summed E-state index contributed by atoms with van der Waals surface area (Å²) in [6.07, 6.45) is 7.83. The lowest BCUT2D eigenvalue weighted by Gasteiger charge is -2.29. The maximum Gasteiger partial charge on any atom is 0.0398 e. The minimum atomic E-state index is 0.700. The van der Waals surface area contributed by atoms with Crippen LogP contribution in [0.1, 0.15) is 36.8 Å². The summed E-state index contributed by atoms with van der Waals surface area (Å²) in [7, 11) is 2.22. The molecule has 0 aliphatic carbocycles. The van der Waals surface area contributed by atoms with E-state index in [-0.39, 0.29) is 0 Å². The second-order valence-corrected chi connectivity index (χ2v) is 5.84. The van der Waals surface area contributed by atoms with Crippen LogP contribution in [0.25, 0.3) is 0 Å². The van der Waals surface area contributed by atoms with E-state index in [9.17, 15) is 0 Å². The monoisotopic (exact) mass is 244 g/mol. The molecule has 1 unspecified atom stereocenters. The van der Waals surface area contributed by atoms with Crippen LogP contribution in [-0.2, 0) is 12.8 Å². The van der Waals surface area contributed by atoms with Gasteiger partial charge in [0.25, 0.3) is 0 Å². The van der Waals surface area contributed by atoms with Gasteiger partial charge in [-0.15, -0.1) is 0 Å². The number of anilines is 1. The molecule has 98 valence electrons. The number of benzene rings is 1. The third-order valence-electron chi connectivity index (χ3n) is 4.40. The molecule has 0 amide bonds. The first-order valence-electron chi connectivity index (χ1n) is 7.39. The molecule has 2 aliphatic heterocycles. The molecule has 3 rings (SSSR count). The molecular weight excluding hydrogens is 220 g/mol. The highest BCUT2D eigenvalue weighted by Crippen LogP contribution is 2.27. The Kier molecular flexibility index (Phi) is 3.55. The van der Waals surface area contributed by atoms with Gasteiger partial charge in [0.2, 0.25) is 0 Å². The minimum absolute atomic E-state index is 0.700. The Morgan fingerprint density at radius 2 is 2.22 bits per heavy atom. The number of rotatable bonds is 2. The summed E-state index contributed by atoms with van der Waals surface area (Å²) in [6.45, 7) is 2.41. The highest BCUT2D eigenvalue weighted by atomic mass is 15.1. The van der Waals surface area contributed by atoms with E-state index in [1.807, 2.05) is 0 Å². The third kappa shape index (κ3) is 2.54. The van der Waals surface area contributed by atoms with E-state index < -0.39 is 0 Å². The van der Waals surface area contributed by atoms with E-state index in [0.29, 0.717) is 6.04 Å². The summed E-state index contributed by atoms with van der Waals surface area (Å²) in [5.41, 5.74) is 4.50. The Morgan fingerprint density at radius 3 is 3.06 bits per heavy atom. The van der Waals surface area contributed by atoms with Crippen LogP contribution in [0.2, 0.25) is 0 Å². The van der Waals surface area contributed by atoms with E-state index in [1.165, 1.54) is 68.4 Å². The molecule has 1 saturated heterocycles. The van der Waals surface area contributed by atoms with Crippen LogP contribution in [0.5, 0.6) is 0 Å². The molecule has 0 bridgehead atoms. The summed E-state index contributed by atoms with van der Waals surface area (Å²) in [6, 6.07) is 7.81. The number of hydrogen-bond acceptors (Lipinski definition) is 2. The second-order valence-electron chi connectivity index (χ2n) is 5.84. The zero-order chi connectivity index (χ0) is 12.4. The van der Waals surface area contributed by atoms with Gasteiger partial charge in [-0.2, -0.15) is 0 Å². The Hall–Kier alpha value is -1.02. The van der Waals surface area contributed by atoms with Crippen LogP contribution in [0.4, 0.5) is 5.69 Å². The van der Waals surface area contributed by atoms with Crippen LogP contribution in [0.15, 0.2) is 18.2 Å². The van der Waals surface area contributed by atoms with Crippen molar-refractivity contribution in [1.82, 2.24) is 5.32 Å². The second kappa shape index (κ2) is 5.31. The Labute approximate surface area is 110 Å². The molecule has 0 aromatic heterocycles. The zero-order valence-electron chi connectivity index (χ0n) is 11.4. The largest absolute Gasteiger partial charge is 0.374 e.